The van der Waals surface area contributed by atoms with Crippen LogP contribution < -0.4 is 5.43 Å². The zero-order chi connectivity index (χ0) is 16.5. The predicted octanol–water partition coefficient (Wildman–Crippen LogP) is 4.48. The second-order valence-electron chi connectivity index (χ2n) is 5.87. The van der Waals surface area contributed by atoms with E-state index in [0.29, 0.717) is 27.6 Å². The Balaban J connectivity index is 1.70. The number of rotatable bonds is 3. The molecule has 2 N–H and O–H groups in total. The molecule has 0 fully saturated rings. The van der Waals surface area contributed by atoms with E-state index in [4.69, 9.17) is 9.52 Å². The third-order valence-electron chi connectivity index (χ3n) is 4.20. The number of benzene rings is 2. The van der Waals surface area contributed by atoms with Crippen LogP contribution in [0.2, 0.25) is 0 Å². The lowest BCUT2D eigenvalue weighted by atomic mass is 9.95. The van der Waals surface area contributed by atoms with Crippen molar-refractivity contribution >= 4 is 28.8 Å². The van der Waals surface area contributed by atoms with Gasteiger partial charge in [0.1, 0.15) is 5.58 Å². The largest absolute Gasteiger partial charge is 0.593 e. The Labute approximate surface area is 143 Å². The summed E-state index contributed by atoms with van der Waals surface area (Å²) < 4.78 is 6.06. The molecule has 0 unspecified atom stereocenters. The average Bonchev–Trinajstić information content (AvgIpc) is 2.61. The second-order valence-corrected chi connectivity index (χ2v) is 6.85. The third-order valence-corrected chi connectivity index (χ3v) is 5.17. The van der Waals surface area contributed by atoms with Crippen LogP contribution in [-0.2, 0) is 12.2 Å². The number of hydrogen-bond acceptors (Lipinski definition) is 3. The second kappa shape index (κ2) is 6.21. The minimum atomic E-state index is 0.00188. The van der Waals surface area contributed by atoms with Gasteiger partial charge < -0.3 is 9.52 Å². The van der Waals surface area contributed by atoms with E-state index in [0.717, 1.165) is 24.0 Å². The summed E-state index contributed by atoms with van der Waals surface area (Å²) in [6, 6.07) is 12.9. The normalized spacial score (nSPS) is 13.2. The van der Waals surface area contributed by atoms with E-state index in [1.807, 2.05) is 24.3 Å². The van der Waals surface area contributed by atoms with Gasteiger partial charge in [0.05, 0.1) is 5.39 Å². The quantitative estimate of drug-likeness (QED) is 0.523. The van der Waals surface area contributed by atoms with Crippen molar-refractivity contribution in [2.45, 2.75) is 23.7 Å². The van der Waals surface area contributed by atoms with Crippen LogP contribution in [0.3, 0.4) is 0 Å². The van der Waals surface area contributed by atoms with Crippen LogP contribution in [0.1, 0.15) is 23.1 Å². The highest BCUT2D eigenvalue weighted by atomic mass is 32.2. The SMILES string of the molecule is O=c1cc(SCc2ccc([OH2+])cc2)oc2c3c(ccc12)CCC=C3. The van der Waals surface area contributed by atoms with Gasteiger partial charge in [-0.25, -0.2) is 0 Å². The van der Waals surface area contributed by atoms with Crippen LogP contribution in [0.25, 0.3) is 17.0 Å². The molecule has 120 valence electrons. The maximum absolute atomic E-state index is 12.4. The number of allylic oxidation sites excluding steroid dienone is 1. The van der Waals surface area contributed by atoms with Gasteiger partial charge in [-0.2, -0.15) is 0 Å². The Bertz CT molecular complexity index is 984. The fraction of sp³-hybridized carbons (Fsp3) is 0.150. The van der Waals surface area contributed by atoms with Gasteiger partial charge >= 0.3 is 0 Å². The van der Waals surface area contributed by atoms with Crippen LogP contribution >= 0.6 is 11.8 Å². The molecular formula is C20H17O3S+. The molecule has 2 aromatic carbocycles. The summed E-state index contributed by atoms with van der Waals surface area (Å²) >= 11 is 1.51. The summed E-state index contributed by atoms with van der Waals surface area (Å²) in [5.74, 6) is 1.21. The van der Waals surface area contributed by atoms with E-state index in [-0.39, 0.29) is 5.43 Å². The molecule has 1 aromatic heterocycles. The maximum atomic E-state index is 12.4. The van der Waals surface area contributed by atoms with E-state index in [2.05, 4.69) is 12.2 Å². The van der Waals surface area contributed by atoms with E-state index in [1.165, 1.54) is 17.3 Å². The summed E-state index contributed by atoms with van der Waals surface area (Å²) in [6.45, 7) is 0. The van der Waals surface area contributed by atoms with Gasteiger partial charge in [0.2, 0.25) is 0 Å². The molecule has 3 aromatic rings. The fourth-order valence-electron chi connectivity index (χ4n) is 2.93. The number of thioether (sulfide) groups is 1. The number of hydrogen-bond donors (Lipinski definition) is 0. The van der Waals surface area contributed by atoms with Crippen molar-refractivity contribution in [1.29, 1.82) is 0 Å². The van der Waals surface area contributed by atoms with E-state index in [1.54, 1.807) is 18.2 Å². The van der Waals surface area contributed by atoms with Crippen molar-refractivity contribution in [3.63, 3.8) is 0 Å². The Hall–Kier alpha value is -2.46. The first-order valence-corrected chi connectivity index (χ1v) is 8.89. The van der Waals surface area contributed by atoms with Crippen LogP contribution in [0.5, 0.6) is 5.75 Å². The van der Waals surface area contributed by atoms with Gasteiger partial charge in [-0.15, -0.1) is 0 Å². The summed E-state index contributed by atoms with van der Waals surface area (Å²) in [5, 5.41) is 8.80. The molecule has 1 aliphatic carbocycles. The zero-order valence-electron chi connectivity index (χ0n) is 13.0. The lowest BCUT2D eigenvalue weighted by Crippen LogP contribution is -2.03. The molecule has 1 aliphatic rings. The topological polar surface area (TPSA) is 53.1 Å². The highest BCUT2D eigenvalue weighted by Gasteiger charge is 2.14. The molecule has 0 saturated heterocycles. The summed E-state index contributed by atoms with van der Waals surface area (Å²) in [4.78, 5) is 12.4. The van der Waals surface area contributed by atoms with Crippen molar-refractivity contribution < 1.29 is 9.52 Å². The van der Waals surface area contributed by atoms with Crippen LogP contribution in [0.4, 0.5) is 0 Å². The smallest absolute Gasteiger partial charge is 0.253 e. The molecule has 4 rings (SSSR count). The van der Waals surface area contributed by atoms with E-state index >= 15 is 0 Å². The lowest BCUT2D eigenvalue weighted by Gasteiger charge is -2.12. The minimum absolute atomic E-state index is 0.00188. The van der Waals surface area contributed by atoms with Crippen molar-refractivity contribution in [2.24, 2.45) is 0 Å². The van der Waals surface area contributed by atoms with Crippen LogP contribution in [-0.4, -0.2) is 5.11 Å². The highest BCUT2D eigenvalue weighted by molar-refractivity contribution is 7.98. The summed E-state index contributed by atoms with van der Waals surface area (Å²) in [6.07, 6.45) is 6.21. The third kappa shape index (κ3) is 2.85. The summed E-state index contributed by atoms with van der Waals surface area (Å²) in [7, 11) is 0. The lowest BCUT2D eigenvalue weighted by molar-refractivity contribution is 0.475. The standard InChI is InChI=1S/C20H16O3S/c21-15-8-5-13(6-9-15)12-24-19-11-18(22)17-10-7-14-3-1-2-4-16(14)20(17)23-19/h2,4-11,21H,1,3,12H2/p+1. The molecule has 3 nitrogen and oxygen atoms in total. The van der Waals surface area contributed by atoms with Crippen molar-refractivity contribution in [3.8, 4) is 5.75 Å². The van der Waals surface area contributed by atoms with Gasteiger partial charge in [-0.3, -0.25) is 4.79 Å². The Kier molecular flexibility index (Phi) is 3.90. The maximum Gasteiger partial charge on any atom is 0.253 e. The minimum Gasteiger partial charge on any atom is -0.593 e. The molecule has 0 saturated carbocycles. The van der Waals surface area contributed by atoms with E-state index in [9.17, 15) is 4.79 Å². The Morgan fingerprint density at radius 1 is 1.12 bits per heavy atom. The Morgan fingerprint density at radius 3 is 2.79 bits per heavy atom. The first-order valence-electron chi connectivity index (χ1n) is 7.90. The first kappa shape index (κ1) is 15.1. The van der Waals surface area contributed by atoms with Crippen molar-refractivity contribution in [2.75, 3.05) is 0 Å². The van der Waals surface area contributed by atoms with Crippen LogP contribution in [0.15, 0.2) is 62.8 Å². The van der Waals surface area contributed by atoms with Crippen LogP contribution in [0, 0.1) is 0 Å². The molecule has 0 spiro atoms. The fourth-order valence-corrected chi connectivity index (χ4v) is 3.76. The van der Waals surface area contributed by atoms with Gasteiger partial charge in [0.15, 0.2) is 10.5 Å². The predicted molar refractivity (Wildman–Crippen MR) is 98.9 cm³/mol. The molecule has 0 radical (unpaired) electrons. The number of aryl methyl sites for hydroxylation is 1. The zero-order valence-corrected chi connectivity index (χ0v) is 13.9. The average molecular weight is 337 g/mol. The molecule has 24 heavy (non-hydrogen) atoms. The molecular weight excluding hydrogens is 320 g/mol. The first-order chi connectivity index (χ1) is 11.7. The Morgan fingerprint density at radius 2 is 1.96 bits per heavy atom. The van der Waals surface area contributed by atoms with Gasteiger partial charge in [-0.05, 0) is 42.2 Å². The van der Waals surface area contributed by atoms with Gasteiger partial charge in [-0.1, -0.05) is 30.0 Å². The molecule has 1 heterocycles. The summed E-state index contributed by atoms with van der Waals surface area (Å²) in [5.41, 5.74) is 4.08. The van der Waals surface area contributed by atoms with Crippen molar-refractivity contribution in [1.82, 2.24) is 0 Å². The van der Waals surface area contributed by atoms with Gasteiger partial charge in [0, 0.05) is 29.5 Å². The van der Waals surface area contributed by atoms with Crippen molar-refractivity contribution in [3.05, 3.63) is 75.5 Å². The molecule has 0 atom stereocenters. The number of fused-ring (bicyclic) bond motifs is 3. The molecule has 0 amide bonds. The molecule has 0 aliphatic heterocycles. The monoisotopic (exact) mass is 337 g/mol. The molecule has 0 bridgehead atoms. The van der Waals surface area contributed by atoms with E-state index < -0.39 is 0 Å². The molecule has 4 heteroatoms. The van der Waals surface area contributed by atoms with Gasteiger partial charge in [0.25, 0.3) is 5.75 Å². The highest BCUT2D eigenvalue weighted by Crippen LogP contribution is 2.30.